The molecule has 1 saturated carbocycles. The van der Waals surface area contributed by atoms with Crippen LogP contribution in [0.5, 0.6) is 5.75 Å². The zero-order valence-corrected chi connectivity index (χ0v) is 11.6. The van der Waals surface area contributed by atoms with Crippen molar-refractivity contribution < 1.29 is 9.53 Å². The van der Waals surface area contributed by atoms with E-state index in [1.807, 2.05) is 24.3 Å². The number of benzene rings is 1. The minimum atomic E-state index is -0.160. The van der Waals surface area contributed by atoms with Crippen molar-refractivity contribution >= 4 is 11.7 Å². The largest absolute Gasteiger partial charge is 0.491 e. The van der Waals surface area contributed by atoms with Gasteiger partial charge in [0.2, 0.25) is 0 Å². The second-order valence-electron chi connectivity index (χ2n) is 5.07. The zero-order chi connectivity index (χ0) is 13.7. The Labute approximate surface area is 114 Å². The molecule has 0 saturated heterocycles. The number of carbonyl (C=O) groups excluding carboxylic acids is 1. The van der Waals surface area contributed by atoms with E-state index in [1.165, 1.54) is 12.8 Å². The molecular weight excluding hydrogens is 240 g/mol. The maximum Gasteiger partial charge on any atom is 0.319 e. The third-order valence-corrected chi connectivity index (χ3v) is 3.28. The number of amides is 2. The van der Waals surface area contributed by atoms with Crippen LogP contribution in [0.3, 0.4) is 0 Å². The molecular formula is C15H22N2O2. The first-order chi connectivity index (χ1) is 9.20. The van der Waals surface area contributed by atoms with E-state index in [0.717, 1.165) is 17.9 Å². The summed E-state index contributed by atoms with van der Waals surface area (Å²) in [5.74, 6) is 1.37. The number of urea groups is 1. The lowest BCUT2D eigenvalue weighted by Gasteiger charge is -2.15. The van der Waals surface area contributed by atoms with E-state index >= 15 is 0 Å². The van der Waals surface area contributed by atoms with Crippen molar-refractivity contribution in [1.82, 2.24) is 5.32 Å². The lowest BCUT2D eigenvalue weighted by Crippen LogP contribution is -2.37. The molecule has 2 rings (SSSR count). The molecule has 4 heteroatoms. The van der Waals surface area contributed by atoms with Gasteiger partial charge in [-0.1, -0.05) is 19.1 Å². The molecule has 19 heavy (non-hydrogen) atoms. The van der Waals surface area contributed by atoms with Crippen LogP contribution in [-0.4, -0.2) is 18.7 Å². The van der Waals surface area contributed by atoms with Crippen LogP contribution in [-0.2, 0) is 0 Å². The minimum absolute atomic E-state index is 0.160. The summed E-state index contributed by atoms with van der Waals surface area (Å²) >= 11 is 0. The first-order valence-corrected chi connectivity index (χ1v) is 7.00. The van der Waals surface area contributed by atoms with Crippen LogP contribution in [0.1, 0.15) is 33.1 Å². The van der Waals surface area contributed by atoms with E-state index < -0.39 is 0 Å². The van der Waals surface area contributed by atoms with E-state index in [4.69, 9.17) is 4.74 Å². The lowest BCUT2D eigenvalue weighted by molar-refractivity contribution is 0.247. The Hall–Kier alpha value is -1.71. The van der Waals surface area contributed by atoms with Crippen LogP contribution in [0.15, 0.2) is 24.3 Å². The van der Waals surface area contributed by atoms with E-state index in [0.29, 0.717) is 12.5 Å². The second-order valence-corrected chi connectivity index (χ2v) is 5.07. The monoisotopic (exact) mass is 262 g/mol. The maximum absolute atomic E-state index is 11.9. The van der Waals surface area contributed by atoms with Gasteiger partial charge < -0.3 is 15.4 Å². The van der Waals surface area contributed by atoms with Gasteiger partial charge in [-0.3, -0.25) is 0 Å². The predicted molar refractivity (Wildman–Crippen MR) is 76.6 cm³/mol. The first-order valence-electron chi connectivity index (χ1n) is 7.00. The van der Waals surface area contributed by atoms with Gasteiger partial charge in [-0.15, -0.1) is 0 Å². The fourth-order valence-electron chi connectivity index (χ4n) is 1.99. The molecule has 104 valence electrons. The van der Waals surface area contributed by atoms with Gasteiger partial charge in [0, 0.05) is 6.04 Å². The van der Waals surface area contributed by atoms with Crippen LogP contribution in [0.2, 0.25) is 0 Å². The zero-order valence-electron chi connectivity index (χ0n) is 11.6. The Morgan fingerprint density at radius 3 is 2.84 bits per heavy atom. The first kappa shape index (κ1) is 13.7. The van der Waals surface area contributed by atoms with Crippen molar-refractivity contribution in [2.24, 2.45) is 5.92 Å². The van der Waals surface area contributed by atoms with E-state index in [9.17, 15) is 4.79 Å². The molecule has 0 spiro atoms. The summed E-state index contributed by atoms with van der Waals surface area (Å²) in [6, 6.07) is 7.59. The molecule has 2 N–H and O–H groups in total. The highest BCUT2D eigenvalue weighted by atomic mass is 16.5. The van der Waals surface area contributed by atoms with Crippen molar-refractivity contribution in [2.45, 2.75) is 39.2 Å². The van der Waals surface area contributed by atoms with Gasteiger partial charge in [-0.05, 0) is 44.2 Å². The summed E-state index contributed by atoms with van der Waals surface area (Å²) < 4.78 is 5.61. The van der Waals surface area contributed by atoms with E-state index in [2.05, 4.69) is 24.5 Å². The summed E-state index contributed by atoms with van der Waals surface area (Å²) in [5, 5.41) is 5.83. The average Bonchev–Trinajstić information content (AvgIpc) is 3.22. The molecule has 0 radical (unpaired) electrons. The van der Waals surface area contributed by atoms with Crippen molar-refractivity contribution in [1.29, 1.82) is 0 Å². The lowest BCUT2D eigenvalue weighted by atomic mass is 10.2. The highest BCUT2D eigenvalue weighted by Crippen LogP contribution is 2.32. The topological polar surface area (TPSA) is 50.4 Å². The highest BCUT2D eigenvalue weighted by molar-refractivity contribution is 5.91. The van der Waals surface area contributed by atoms with Crippen LogP contribution in [0, 0.1) is 5.92 Å². The van der Waals surface area contributed by atoms with Gasteiger partial charge in [0.05, 0.1) is 12.3 Å². The van der Waals surface area contributed by atoms with E-state index in [-0.39, 0.29) is 12.1 Å². The number of nitrogens with one attached hydrogen (secondary N) is 2. The third kappa shape index (κ3) is 4.16. The van der Waals surface area contributed by atoms with Crippen molar-refractivity contribution in [2.75, 3.05) is 11.9 Å². The molecule has 1 atom stereocenters. The Morgan fingerprint density at radius 2 is 2.16 bits per heavy atom. The molecule has 2 amide bonds. The standard InChI is InChI=1S/C15H22N2O2/c1-3-10-19-14-7-5-4-6-13(14)17-15(18)16-11(2)12-8-9-12/h4-7,11-12H,3,8-10H2,1-2H3,(H2,16,17,18). The van der Waals surface area contributed by atoms with Crippen molar-refractivity contribution in [3.8, 4) is 5.75 Å². The maximum atomic E-state index is 11.9. The van der Waals surface area contributed by atoms with Crippen LogP contribution < -0.4 is 15.4 Å². The molecule has 1 aliphatic carbocycles. The Kier molecular flexibility index (Phi) is 4.66. The van der Waals surface area contributed by atoms with Gasteiger partial charge in [-0.2, -0.15) is 0 Å². The molecule has 1 aromatic rings. The van der Waals surface area contributed by atoms with Gasteiger partial charge >= 0.3 is 6.03 Å². The molecule has 0 bridgehead atoms. The van der Waals surface area contributed by atoms with Gasteiger partial charge in [-0.25, -0.2) is 4.79 Å². The number of carbonyl (C=O) groups is 1. The molecule has 0 aromatic heterocycles. The summed E-state index contributed by atoms with van der Waals surface area (Å²) in [4.78, 5) is 11.9. The number of para-hydroxylation sites is 2. The predicted octanol–water partition coefficient (Wildman–Crippen LogP) is 3.40. The molecule has 1 aliphatic rings. The quantitative estimate of drug-likeness (QED) is 0.825. The van der Waals surface area contributed by atoms with Crippen molar-refractivity contribution in [3.63, 3.8) is 0 Å². The summed E-state index contributed by atoms with van der Waals surface area (Å²) in [6.07, 6.45) is 3.38. The van der Waals surface area contributed by atoms with Gasteiger partial charge in [0.25, 0.3) is 0 Å². The fraction of sp³-hybridized carbons (Fsp3) is 0.533. The number of hydrogen-bond donors (Lipinski definition) is 2. The van der Waals surface area contributed by atoms with Gasteiger partial charge in [0.1, 0.15) is 5.75 Å². The molecule has 1 aromatic carbocycles. The second kappa shape index (κ2) is 6.45. The number of rotatable bonds is 6. The van der Waals surface area contributed by atoms with Crippen LogP contribution in [0.4, 0.5) is 10.5 Å². The molecule has 1 unspecified atom stereocenters. The summed E-state index contributed by atoms with van der Waals surface area (Å²) in [5.41, 5.74) is 0.719. The molecule has 0 heterocycles. The fourth-order valence-corrected chi connectivity index (χ4v) is 1.99. The number of hydrogen-bond acceptors (Lipinski definition) is 2. The molecule has 0 aliphatic heterocycles. The smallest absolute Gasteiger partial charge is 0.319 e. The summed E-state index contributed by atoms with van der Waals surface area (Å²) in [6.45, 7) is 4.76. The van der Waals surface area contributed by atoms with Gasteiger partial charge in [0.15, 0.2) is 0 Å². The number of ether oxygens (including phenoxy) is 1. The Bertz CT molecular complexity index is 430. The Balaban J connectivity index is 1.91. The average molecular weight is 262 g/mol. The molecule has 1 fully saturated rings. The normalized spacial score (nSPS) is 15.7. The summed E-state index contributed by atoms with van der Waals surface area (Å²) in [7, 11) is 0. The third-order valence-electron chi connectivity index (χ3n) is 3.28. The van der Waals surface area contributed by atoms with E-state index in [1.54, 1.807) is 0 Å². The van der Waals surface area contributed by atoms with Crippen LogP contribution >= 0.6 is 0 Å². The minimum Gasteiger partial charge on any atom is -0.491 e. The number of anilines is 1. The molecule has 4 nitrogen and oxygen atoms in total. The SMILES string of the molecule is CCCOc1ccccc1NC(=O)NC(C)C1CC1. The van der Waals surface area contributed by atoms with Crippen LogP contribution in [0.25, 0.3) is 0 Å². The van der Waals surface area contributed by atoms with Crippen molar-refractivity contribution in [3.05, 3.63) is 24.3 Å². The Morgan fingerprint density at radius 1 is 1.42 bits per heavy atom. The highest BCUT2D eigenvalue weighted by Gasteiger charge is 2.28.